The first-order valence-corrected chi connectivity index (χ1v) is 3.48. The van der Waals surface area contributed by atoms with Crippen molar-refractivity contribution in [3.63, 3.8) is 0 Å². The number of benzene rings is 1. The van der Waals surface area contributed by atoms with Crippen LogP contribution in [0.1, 0.15) is 11.1 Å². The molecule has 0 fully saturated rings. The molecule has 0 heterocycles. The molecule has 0 aliphatic rings. The Hall–Kier alpha value is -1.77. The second-order valence-corrected chi connectivity index (χ2v) is 2.31. The van der Waals surface area contributed by atoms with E-state index in [2.05, 4.69) is 11.7 Å². The normalized spacial score (nSPS) is 11.2. The zero-order chi connectivity index (χ0) is 8.97. The summed E-state index contributed by atoms with van der Waals surface area (Å²) in [5.74, 6) is 0.116. The van der Waals surface area contributed by atoms with Crippen LogP contribution in [0.15, 0.2) is 36.0 Å². The molecule has 1 rings (SSSR count). The van der Waals surface area contributed by atoms with Crippen LogP contribution < -0.4 is 5.73 Å². The lowest BCUT2D eigenvalue weighted by atomic mass is 10.1. The van der Waals surface area contributed by atoms with Gasteiger partial charge in [-0.05, 0) is 5.56 Å². The molecule has 0 aliphatic carbocycles. The Morgan fingerprint density at radius 2 is 2.00 bits per heavy atom. The van der Waals surface area contributed by atoms with Crippen molar-refractivity contribution < 1.29 is 5.21 Å². The van der Waals surface area contributed by atoms with E-state index >= 15 is 0 Å². The van der Waals surface area contributed by atoms with E-state index in [1.165, 1.54) is 0 Å². The predicted octanol–water partition coefficient (Wildman–Crippen LogP) is 1.42. The van der Waals surface area contributed by atoms with Gasteiger partial charge in [-0.3, -0.25) is 0 Å². The van der Waals surface area contributed by atoms with Crippen molar-refractivity contribution in [2.75, 3.05) is 0 Å². The van der Waals surface area contributed by atoms with E-state index in [0.717, 1.165) is 5.56 Å². The summed E-state index contributed by atoms with van der Waals surface area (Å²) >= 11 is 0. The number of rotatable bonds is 2. The average Bonchev–Trinajstić information content (AvgIpc) is 2.17. The van der Waals surface area contributed by atoms with Crippen LogP contribution in [0.5, 0.6) is 0 Å². The molecule has 12 heavy (non-hydrogen) atoms. The Morgan fingerprint density at radius 1 is 1.42 bits per heavy atom. The van der Waals surface area contributed by atoms with Gasteiger partial charge in [0.05, 0.1) is 0 Å². The Bertz CT molecular complexity index is 301. The molecule has 0 spiro atoms. The topological polar surface area (TPSA) is 58.6 Å². The molecular formula is C9H10N2O. The second kappa shape index (κ2) is 3.57. The standard InChI is InChI=1S/C9H10N2O/c1-2-7-3-5-8(6-4-7)9(10)11-12/h2-6,12H,1H2,(H2,10,11). The van der Waals surface area contributed by atoms with Crippen LogP contribution in [0.2, 0.25) is 0 Å². The summed E-state index contributed by atoms with van der Waals surface area (Å²) < 4.78 is 0. The van der Waals surface area contributed by atoms with Gasteiger partial charge in [0.2, 0.25) is 0 Å². The first-order valence-electron chi connectivity index (χ1n) is 3.48. The van der Waals surface area contributed by atoms with Crippen molar-refractivity contribution in [2.45, 2.75) is 0 Å². The van der Waals surface area contributed by atoms with Crippen LogP contribution in [-0.4, -0.2) is 11.0 Å². The third-order valence-corrected chi connectivity index (χ3v) is 1.55. The predicted molar refractivity (Wildman–Crippen MR) is 49.0 cm³/mol. The van der Waals surface area contributed by atoms with Gasteiger partial charge >= 0.3 is 0 Å². The summed E-state index contributed by atoms with van der Waals surface area (Å²) in [5.41, 5.74) is 7.06. The van der Waals surface area contributed by atoms with Gasteiger partial charge in [-0.2, -0.15) is 0 Å². The van der Waals surface area contributed by atoms with Crippen LogP contribution >= 0.6 is 0 Å². The van der Waals surface area contributed by atoms with Gasteiger partial charge in [-0.1, -0.05) is 42.1 Å². The summed E-state index contributed by atoms with van der Waals surface area (Å²) in [6, 6.07) is 7.24. The molecule has 3 heteroatoms. The number of nitrogens with zero attached hydrogens (tertiary/aromatic N) is 1. The van der Waals surface area contributed by atoms with Gasteiger partial charge in [0, 0.05) is 5.56 Å². The highest BCUT2D eigenvalue weighted by Gasteiger charge is 1.96. The molecule has 0 radical (unpaired) electrons. The zero-order valence-corrected chi connectivity index (χ0v) is 6.57. The number of oxime groups is 1. The number of hydrogen-bond acceptors (Lipinski definition) is 2. The molecule has 0 atom stereocenters. The maximum atomic E-state index is 8.36. The third kappa shape index (κ3) is 1.63. The minimum absolute atomic E-state index is 0.116. The van der Waals surface area contributed by atoms with E-state index in [9.17, 15) is 0 Å². The van der Waals surface area contributed by atoms with Gasteiger partial charge in [0.25, 0.3) is 0 Å². The fraction of sp³-hybridized carbons (Fsp3) is 0. The largest absolute Gasteiger partial charge is 0.409 e. The van der Waals surface area contributed by atoms with Crippen LogP contribution in [0, 0.1) is 0 Å². The van der Waals surface area contributed by atoms with E-state index in [0.29, 0.717) is 5.56 Å². The van der Waals surface area contributed by atoms with Gasteiger partial charge in [-0.15, -0.1) is 0 Å². The third-order valence-electron chi connectivity index (χ3n) is 1.55. The number of amidine groups is 1. The first-order chi connectivity index (χ1) is 5.77. The van der Waals surface area contributed by atoms with Crippen molar-refractivity contribution in [1.82, 2.24) is 0 Å². The maximum Gasteiger partial charge on any atom is 0.170 e. The van der Waals surface area contributed by atoms with E-state index in [1.807, 2.05) is 12.1 Å². The van der Waals surface area contributed by atoms with Gasteiger partial charge in [-0.25, -0.2) is 0 Å². The molecule has 1 aromatic rings. The Balaban J connectivity index is 2.99. The molecule has 0 aliphatic heterocycles. The van der Waals surface area contributed by atoms with E-state index in [-0.39, 0.29) is 5.84 Å². The van der Waals surface area contributed by atoms with Crippen molar-refractivity contribution in [3.8, 4) is 0 Å². The quantitative estimate of drug-likeness (QED) is 0.299. The van der Waals surface area contributed by atoms with Crippen LogP contribution in [0.4, 0.5) is 0 Å². The molecule has 3 nitrogen and oxygen atoms in total. The lowest BCUT2D eigenvalue weighted by Crippen LogP contribution is -2.12. The first kappa shape index (κ1) is 8.33. The average molecular weight is 162 g/mol. The minimum Gasteiger partial charge on any atom is -0.409 e. The lowest BCUT2D eigenvalue weighted by Gasteiger charge is -1.97. The molecule has 62 valence electrons. The SMILES string of the molecule is C=Cc1ccc(/C(N)=N\O)cc1. The molecule has 0 bridgehead atoms. The number of nitrogens with two attached hydrogens (primary N) is 1. The smallest absolute Gasteiger partial charge is 0.170 e. The second-order valence-electron chi connectivity index (χ2n) is 2.31. The van der Waals surface area contributed by atoms with Gasteiger partial charge in [0.1, 0.15) is 0 Å². The highest BCUT2D eigenvalue weighted by molar-refractivity contribution is 5.97. The Labute approximate surface area is 70.8 Å². The van der Waals surface area contributed by atoms with E-state index in [1.54, 1.807) is 18.2 Å². The summed E-state index contributed by atoms with van der Waals surface area (Å²) in [6.45, 7) is 3.61. The maximum absolute atomic E-state index is 8.36. The Morgan fingerprint density at radius 3 is 2.42 bits per heavy atom. The van der Waals surface area contributed by atoms with Gasteiger partial charge in [0.15, 0.2) is 5.84 Å². The lowest BCUT2D eigenvalue weighted by molar-refractivity contribution is 0.318. The highest BCUT2D eigenvalue weighted by atomic mass is 16.4. The summed E-state index contributed by atoms with van der Waals surface area (Å²) in [5, 5.41) is 11.2. The van der Waals surface area contributed by atoms with Gasteiger partial charge < -0.3 is 10.9 Å². The summed E-state index contributed by atoms with van der Waals surface area (Å²) in [7, 11) is 0. The molecule has 0 saturated heterocycles. The molecule has 0 aromatic heterocycles. The zero-order valence-electron chi connectivity index (χ0n) is 6.57. The van der Waals surface area contributed by atoms with Crippen LogP contribution in [0.25, 0.3) is 6.08 Å². The molecule has 0 unspecified atom stereocenters. The van der Waals surface area contributed by atoms with Crippen molar-refractivity contribution >= 4 is 11.9 Å². The number of hydrogen-bond donors (Lipinski definition) is 2. The molecule has 3 N–H and O–H groups in total. The summed E-state index contributed by atoms with van der Waals surface area (Å²) in [6.07, 6.45) is 1.73. The molecule has 0 amide bonds. The highest BCUT2D eigenvalue weighted by Crippen LogP contribution is 2.04. The van der Waals surface area contributed by atoms with Crippen LogP contribution in [0.3, 0.4) is 0 Å². The molecule has 1 aromatic carbocycles. The van der Waals surface area contributed by atoms with Crippen LogP contribution in [-0.2, 0) is 0 Å². The monoisotopic (exact) mass is 162 g/mol. The van der Waals surface area contributed by atoms with E-state index < -0.39 is 0 Å². The van der Waals surface area contributed by atoms with Crippen molar-refractivity contribution in [1.29, 1.82) is 0 Å². The van der Waals surface area contributed by atoms with E-state index in [4.69, 9.17) is 10.9 Å². The molecular weight excluding hydrogens is 152 g/mol. The molecule has 0 saturated carbocycles. The Kier molecular flexibility index (Phi) is 2.48. The minimum atomic E-state index is 0.116. The fourth-order valence-electron chi connectivity index (χ4n) is 0.848. The van der Waals surface area contributed by atoms with Crippen molar-refractivity contribution in [3.05, 3.63) is 42.0 Å². The fourth-order valence-corrected chi connectivity index (χ4v) is 0.848. The van der Waals surface area contributed by atoms with Crippen molar-refractivity contribution in [2.24, 2.45) is 10.9 Å². The summed E-state index contributed by atoms with van der Waals surface area (Å²) in [4.78, 5) is 0.